The van der Waals surface area contributed by atoms with Crippen molar-refractivity contribution in [1.29, 1.82) is 0 Å². The lowest BCUT2D eigenvalue weighted by Crippen LogP contribution is -2.49. The van der Waals surface area contributed by atoms with E-state index in [0.29, 0.717) is 0 Å². The van der Waals surface area contributed by atoms with E-state index in [9.17, 15) is 24.0 Å². The van der Waals surface area contributed by atoms with Gasteiger partial charge in [0.25, 0.3) is 0 Å². The molecular weight excluding hydrogens is 691 g/mol. The highest BCUT2D eigenvalue weighted by atomic mass is 16.2. The Kier molecular flexibility index (Phi) is 13.2. The maximum absolute atomic E-state index is 14.4. The van der Waals surface area contributed by atoms with Crippen LogP contribution in [0.3, 0.4) is 0 Å². The number of hydrogen-bond acceptors (Lipinski definition) is 5. The Bertz CT molecular complexity index is 1690. The molecule has 5 amide bonds. The van der Waals surface area contributed by atoms with Crippen LogP contribution in [0.2, 0.25) is 0 Å². The number of amides is 5. The molecule has 5 aromatic carbocycles. The lowest BCUT2D eigenvalue weighted by atomic mass is 10.2. The molecule has 0 aliphatic carbocycles. The van der Waals surface area contributed by atoms with Crippen molar-refractivity contribution in [2.24, 2.45) is 0 Å². The molecule has 0 atom stereocenters. The molecule has 10 nitrogen and oxygen atoms in total. The van der Waals surface area contributed by atoms with E-state index >= 15 is 0 Å². The Morgan fingerprint density at radius 1 is 0.255 bits per heavy atom. The number of benzene rings is 5. The molecule has 1 heterocycles. The van der Waals surface area contributed by atoms with Crippen LogP contribution in [0.1, 0.15) is 27.8 Å². The average Bonchev–Trinajstić information content (AvgIpc) is 3.21. The first-order chi connectivity index (χ1) is 26.8. The molecule has 10 heteroatoms. The molecular formula is C45H45N5O5. The van der Waals surface area contributed by atoms with Gasteiger partial charge in [0.2, 0.25) is 29.5 Å². The molecule has 55 heavy (non-hydrogen) atoms. The predicted molar refractivity (Wildman–Crippen MR) is 209 cm³/mol. The third-order valence-corrected chi connectivity index (χ3v) is 9.48. The van der Waals surface area contributed by atoms with E-state index in [-0.39, 0.29) is 65.4 Å². The van der Waals surface area contributed by atoms with Gasteiger partial charge in [-0.1, -0.05) is 152 Å². The SMILES string of the molecule is O=C1CN(Cc2ccccc2)C(=O)CN(Cc2ccccc2)C(=O)CN(Cc2ccccc2)C(=O)CN(Cc2ccccc2)C(=O)CN1Cc1ccccc1. The summed E-state index contributed by atoms with van der Waals surface area (Å²) in [4.78, 5) is 79.1. The fourth-order valence-corrected chi connectivity index (χ4v) is 6.50. The Hall–Kier alpha value is -6.55. The highest BCUT2D eigenvalue weighted by molar-refractivity contribution is 5.93. The molecule has 0 N–H and O–H groups in total. The van der Waals surface area contributed by atoms with Crippen molar-refractivity contribution in [2.75, 3.05) is 32.7 Å². The zero-order valence-electron chi connectivity index (χ0n) is 30.8. The zero-order valence-corrected chi connectivity index (χ0v) is 30.8. The first-order valence-electron chi connectivity index (χ1n) is 18.4. The molecule has 1 saturated heterocycles. The molecule has 6 rings (SSSR count). The maximum Gasteiger partial charge on any atom is 0.242 e. The molecule has 1 aliphatic rings. The van der Waals surface area contributed by atoms with Gasteiger partial charge in [-0.2, -0.15) is 0 Å². The highest BCUT2D eigenvalue weighted by Gasteiger charge is 2.31. The third kappa shape index (κ3) is 11.2. The van der Waals surface area contributed by atoms with Crippen LogP contribution < -0.4 is 0 Å². The van der Waals surface area contributed by atoms with Gasteiger partial charge in [-0.25, -0.2) is 0 Å². The molecule has 0 bridgehead atoms. The van der Waals surface area contributed by atoms with Crippen LogP contribution in [0, 0.1) is 0 Å². The standard InChI is InChI=1S/C45H45N5O5/c51-41-32-47(27-37-18-8-2-9-19-37)43(53)34-49(29-39-22-12-4-13-23-39)45(55)35-50(30-40-24-14-5-15-25-40)44(54)33-48(28-38-20-10-3-11-21-38)42(52)31-46(41)26-36-16-6-1-7-17-36/h1-25H,26-35H2. The maximum atomic E-state index is 14.4. The van der Waals surface area contributed by atoms with Gasteiger partial charge in [0.05, 0.1) is 0 Å². The third-order valence-electron chi connectivity index (χ3n) is 9.48. The first kappa shape index (κ1) is 38.2. The van der Waals surface area contributed by atoms with Gasteiger partial charge in [0, 0.05) is 32.7 Å². The normalized spacial score (nSPS) is 15.3. The molecule has 0 radical (unpaired) electrons. The topological polar surface area (TPSA) is 102 Å². The van der Waals surface area contributed by atoms with Crippen LogP contribution in [0.25, 0.3) is 0 Å². The first-order valence-corrected chi connectivity index (χ1v) is 18.4. The van der Waals surface area contributed by atoms with E-state index in [0.717, 1.165) is 27.8 Å². The summed E-state index contributed by atoms with van der Waals surface area (Å²) in [5.74, 6) is -2.18. The summed E-state index contributed by atoms with van der Waals surface area (Å²) < 4.78 is 0. The molecule has 0 unspecified atom stereocenters. The van der Waals surface area contributed by atoms with E-state index in [1.54, 1.807) is 0 Å². The average molecular weight is 736 g/mol. The van der Waals surface area contributed by atoms with Gasteiger partial charge in [-0.15, -0.1) is 0 Å². The molecule has 0 spiro atoms. The van der Waals surface area contributed by atoms with Crippen molar-refractivity contribution in [3.63, 3.8) is 0 Å². The monoisotopic (exact) mass is 735 g/mol. The molecule has 1 aliphatic heterocycles. The van der Waals surface area contributed by atoms with Crippen LogP contribution >= 0.6 is 0 Å². The van der Waals surface area contributed by atoms with E-state index in [1.165, 1.54) is 24.5 Å². The summed E-state index contributed by atoms with van der Waals surface area (Å²) in [6, 6.07) is 46.7. The number of hydrogen-bond donors (Lipinski definition) is 0. The van der Waals surface area contributed by atoms with Crippen LogP contribution in [0.5, 0.6) is 0 Å². The Labute approximate surface area is 322 Å². The Morgan fingerprint density at radius 3 is 0.545 bits per heavy atom. The van der Waals surface area contributed by atoms with E-state index in [4.69, 9.17) is 0 Å². The summed E-state index contributed by atoms with van der Waals surface area (Å²) in [5.41, 5.74) is 4.04. The van der Waals surface area contributed by atoms with Crippen LogP contribution in [0.15, 0.2) is 152 Å². The second kappa shape index (κ2) is 19.0. The summed E-state index contributed by atoms with van der Waals surface area (Å²) >= 11 is 0. The van der Waals surface area contributed by atoms with Crippen molar-refractivity contribution in [3.05, 3.63) is 179 Å². The second-order valence-corrected chi connectivity index (χ2v) is 13.7. The van der Waals surface area contributed by atoms with E-state index in [2.05, 4.69) is 0 Å². The summed E-state index contributed by atoms with van der Waals surface area (Å²) in [6.07, 6.45) is 0. The number of carbonyl (C=O) groups is 5. The van der Waals surface area contributed by atoms with Crippen LogP contribution in [-0.4, -0.2) is 86.8 Å². The predicted octanol–water partition coefficient (Wildman–Crippen LogP) is 5.14. The van der Waals surface area contributed by atoms with E-state index in [1.807, 2.05) is 152 Å². The molecule has 0 aromatic heterocycles. The number of rotatable bonds is 10. The quantitative estimate of drug-likeness (QED) is 0.198. The van der Waals surface area contributed by atoms with Crippen LogP contribution in [-0.2, 0) is 56.7 Å². The van der Waals surface area contributed by atoms with Crippen molar-refractivity contribution in [3.8, 4) is 0 Å². The van der Waals surface area contributed by atoms with Gasteiger partial charge < -0.3 is 24.5 Å². The van der Waals surface area contributed by atoms with E-state index < -0.39 is 29.5 Å². The highest BCUT2D eigenvalue weighted by Crippen LogP contribution is 2.16. The zero-order chi connectivity index (χ0) is 38.4. The molecule has 0 saturated carbocycles. The largest absolute Gasteiger partial charge is 0.328 e. The number of carbonyl (C=O) groups excluding carboxylic acids is 5. The molecule has 1 fully saturated rings. The lowest BCUT2D eigenvalue weighted by Gasteiger charge is -2.30. The summed E-state index contributed by atoms with van der Waals surface area (Å²) in [6.45, 7) is -1.02. The van der Waals surface area contributed by atoms with Gasteiger partial charge in [0.1, 0.15) is 32.7 Å². The van der Waals surface area contributed by atoms with Crippen LogP contribution in [0.4, 0.5) is 0 Å². The van der Waals surface area contributed by atoms with Crippen molar-refractivity contribution < 1.29 is 24.0 Å². The minimum atomic E-state index is -0.436. The number of nitrogens with zero attached hydrogens (tertiary/aromatic N) is 5. The molecule has 280 valence electrons. The van der Waals surface area contributed by atoms with Gasteiger partial charge in [-0.05, 0) is 27.8 Å². The van der Waals surface area contributed by atoms with Gasteiger partial charge >= 0.3 is 0 Å². The van der Waals surface area contributed by atoms with Gasteiger partial charge in [-0.3, -0.25) is 24.0 Å². The minimum Gasteiger partial charge on any atom is -0.328 e. The molecule has 5 aromatic rings. The van der Waals surface area contributed by atoms with Gasteiger partial charge in [0.15, 0.2) is 0 Å². The second-order valence-electron chi connectivity index (χ2n) is 13.7. The Morgan fingerprint density at radius 2 is 0.400 bits per heavy atom. The fraction of sp³-hybridized carbons (Fsp3) is 0.222. The minimum absolute atomic E-state index is 0.116. The van der Waals surface area contributed by atoms with Crippen molar-refractivity contribution in [2.45, 2.75) is 32.7 Å². The van der Waals surface area contributed by atoms with Crippen molar-refractivity contribution >= 4 is 29.5 Å². The van der Waals surface area contributed by atoms with Crippen molar-refractivity contribution in [1.82, 2.24) is 24.5 Å². The smallest absolute Gasteiger partial charge is 0.242 e. The lowest BCUT2D eigenvalue weighted by molar-refractivity contribution is -0.146. The summed E-state index contributed by atoms with van der Waals surface area (Å²) in [7, 11) is 0. The fourth-order valence-electron chi connectivity index (χ4n) is 6.50. The Balaban J connectivity index is 1.41. The summed E-state index contributed by atoms with van der Waals surface area (Å²) in [5, 5.41) is 0.